The number of anilines is 1. The Balaban J connectivity index is 2.04. The second kappa shape index (κ2) is 6.29. The van der Waals surface area contributed by atoms with Crippen molar-refractivity contribution in [2.45, 2.75) is 11.4 Å². The third kappa shape index (κ3) is 3.51. The molecule has 2 rings (SSSR count). The molecule has 0 aliphatic rings. The van der Waals surface area contributed by atoms with Crippen molar-refractivity contribution in [2.75, 3.05) is 12.0 Å². The van der Waals surface area contributed by atoms with E-state index in [-0.39, 0.29) is 5.91 Å². The molecule has 0 bridgehead atoms. The molecular weight excluding hydrogens is 256 g/mol. The van der Waals surface area contributed by atoms with Crippen LogP contribution in [0.5, 0.6) is 0 Å². The Hall–Kier alpha value is -1.94. The standard InChI is InChI=1S/C15H16N2OS/c1-19-14-8-3-2-5-12(14)10-17-15(18)11-6-4-7-13(16)9-11/h2-9H,10,16H2,1H3,(H,17,18). The van der Waals surface area contributed by atoms with E-state index in [1.807, 2.05) is 30.5 Å². The maximum atomic E-state index is 12.0. The first-order valence-corrected chi connectivity index (χ1v) is 7.19. The lowest BCUT2D eigenvalue weighted by atomic mass is 10.1. The fourth-order valence-corrected chi connectivity index (χ4v) is 2.42. The Kier molecular flexibility index (Phi) is 4.47. The van der Waals surface area contributed by atoms with Gasteiger partial charge in [-0.25, -0.2) is 0 Å². The number of rotatable bonds is 4. The van der Waals surface area contributed by atoms with Gasteiger partial charge >= 0.3 is 0 Å². The summed E-state index contributed by atoms with van der Waals surface area (Å²) in [6, 6.07) is 15.0. The Labute approximate surface area is 117 Å². The van der Waals surface area contributed by atoms with Crippen LogP contribution in [-0.2, 0) is 6.54 Å². The number of amides is 1. The quantitative estimate of drug-likeness (QED) is 0.664. The lowest BCUT2D eigenvalue weighted by molar-refractivity contribution is 0.0950. The molecule has 98 valence electrons. The normalized spacial score (nSPS) is 10.2. The van der Waals surface area contributed by atoms with Gasteiger partial charge in [0.1, 0.15) is 0 Å². The third-order valence-electron chi connectivity index (χ3n) is 2.78. The lowest BCUT2D eigenvalue weighted by Crippen LogP contribution is -2.23. The molecule has 0 unspecified atom stereocenters. The first-order valence-electron chi connectivity index (χ1n) is 5.96. The highest BCUT2D eigenvalue weighted by atomic mass is 32.2. The van der Waals surface area contributed by atoms with Crippen molar-refractivity contribution in [3.63, 3.8) is 0 Å². The molecule has 2 aromatic rings. The van der Waals surface area contributed by atoms with Gasteiger partial charge in [-0.2, -0.15) is 0 Å². The highest BCUT2D eigenvalue weighted by Gasteiger charge is 2.06. The molecule has 2 aromatic carbocycles. The number of benzene rings is 2. The lowest BCUT2D eigenvalue weighted by Gasteiger charge is -2.09. The van der Waals surface area contributed by atoms with E-state index in [1.54, 1.807) is 36.0 Å². The smallest absolute Gasteiger partial charge is 0.251 e. The van der Waals surface area contributed by atoms with Gasteiger partial charge in [-0.15, -0.1) is 11.8 Å². The van der Waals surface area contributed by atoms with Crippen LogP contribution in [0.25, 0.3) is 0 Å². The maximum Gasteiger partial charge on any atom is 0.251 e. The minimum atomic E-state index is -0.108. The largest absolute Gasteiger partial charge is 0.399 e. The van der Waals surface area contributed by atoms with Crippen molar-refractivity contribution in [3.05, 3.63) is 59.7 Å². The first kappa shape index (κ1) is 13.5. The molecule has 4 heteroatoms. The number of nitrogens with one attached hydrogen (secondary N) is 1. The highest BCUT2D eigenvalue weighted by molar-refractivity contribution is 7.98. The number of hydrogen-bond acceptors (Lipinski definition) is 3. The molecule has 0 fully saturated rings. The Morgan fingerprint density at radius 2 is 2.00 bits per heavy atom. The molecule has 19 heavy (non-hydrogen) atoms. The summed E-state index contributed by atoms with van der Waals surface area (Å²) in [5.74, 6) is -0.108. The van der Waals surface area contributed by atoms with Crippen LogP contribution >= 0.6 is 11.8 Å². The van der Waals surface area contributed by atoms with Gasteiger partial charge in [0.2, 0.25) is 0 Å². The number of hydrogen-bond donors (Lipinski definition) is 2. The van der Waals surface area contributed by atoms with Crippen LogP contribution in [0.2, 0.25) is 0 Å². The van der Waals surface area contributed by atoms with Crippen LogP contribution in [0.15, 0.2) is 53.4 Å². The summed E-state index contributed by atoms with van der Waals surface area (Å²) in [5.41, 5.74) is 7.96. The van der Waals surface area contributed by atoms with E-state index in [2.05, 4.69) is 5.32 Å². The monoisotopic (exact) mass is 272 g/mol. The van der Waals surface area contributed by atoms with Crippen molar-refractivity contribution in [1.29, 1.82) is 0 Å². The Morgan fingerprint density at radius 1 is 1.21 bits per heavy atom. The minimum Gasteiger partial charge on any atom is -0.399 e. The predicted octanol–water partition coefficient (Wildman–Crippen LogP) is 2.92. The summed E-state index contributed by atoms with van der Waals surface area (Å²) >= 11 is 1.67. The molecule has 0 saturated heterocycles. The van der Waals surface area contributed by atoms with Gasteiger partial charge in [0.25, 0.3) is 5.91 Å². The van der Waals surface area contributed by atoms with Crippen molar-refractivity contribution in [2.24, 2.45) is 0 Å². The highest BCUT2D eigenvalue weighted by Crippen LogP contribution is 2.19. The second-order valence-corrected chi connectivity index (χ2v) is 4.97. The molecule has 0 aromatic heterocycles. The summed E-state index contributed by atoms with van der Waals surface area (Å²) in [6.07, 6.45) is 2.03. The molecule has 1 amide bonds. The zero-order chi connectivity index (χ0) is 13.7. The van der Waals surface area contributed by atoms with Crippen LogP contribution < -0.4 is 11.1 Å². The number of carbonyl (C=O) groups excluding carboxylic acids is 1. The van der Waals surface area contributed by atoms with E-state index in [1.165, 1.54) is 4.90 Å². The number of nitrogen functional groups attached to an aromatic ring is 1. The molecular formula is C15H16N2OS. The maximum absolute atomic E-state index is 12.0. The Bertz CT molecular complexity index is 584. The molecule has 0 aliphatic carbocycles. The third-order valence-corrected chi connectivity index (χ3v) is 3.62. The summed E-state index contributed by atoms with van der Waals surface area (Å²) in [6.45, 7) is 0.518. The van der Waals surface area contributed by atoms with Crippen molar-refractivity contribution in [1.82, 2.24) is 5.32 Å². The van der Waals surface area contributed by atoms with E-state index in [4.69, 9.17) is 5.73 Å². The van der Waals surface area contributed by atoms with E-state index < -0.39 is 0 Å². The summed E-state index contributed by atoms with van der Waals surface area (Å²) in [5, 5.41) is 2.91. The molecule has 0 spiro atoms. The average molecular weight is 272 g/mol. The minimum absolute atomic E-state index is 0.108. The van der Waals surface area contributed by atoms with Gasteiger partial charge in [0.05, 0.1) is 0 Å². The number of carbonyl (C=O) groups is 1. The molecule has 0 saturated carbocycles. The van der Waals surface area contributed by atoms with Gasteiger partial charge < -0.3 is 11.1 Å². The van der Waals surface area contributed by atoms with Gasteiger partial charge in [-0.3, -0.25) is 4.79 Å². The van der Waals surface area contributed by atoms with Crippen LogP contribution in [-0.4, -0.2) is 12.2 Å². The van der Waals surface area contributed by atoms with Crippen molar-refractivity contribution < 1.29 is 4.79 Å². The molecule has 0 aliphatic heterocycles. The SMILES string of the molecule is CSc1ccccc1CNC(=O)c1cccc(N)c1. The van der Waals surface area contributed by atoms with Gasteiger partial charge in [0, 0.05) is 22.7 Å². The summed E-state index contributed by atoms with van der Waals surface area (Å²) < 4.78 is 0. The van der Waals surface area contributed by atoms with Crippen molar-refractivity contribution in [3.8, 4) is 0 Å². The Morgan fingerprint density at radius 3 is 2.74 bits per heavy atom. The van der Waals surface area contributed by atoms with Crippen LogP contribution in [0.1, 0.15) is 15.9 Å². The molecule has 0 heterocycles. The first-order chi connectivity index (χ1) is 9.20. The average Bonchev–Trinajstić information content (AvgIpc) is 2.45. The zero-order valence-electron chi connectivity index (χ0n) is 10.7. The van der Waals surface area contributed by atoms with E-state index in [0.717, 1.165) is 5.56 Å². The van der Waals surface area contributed by atoms with E-state index >= 15 is 0 Å². The molecule has 0 atom stereocenters. The topological polar surface area (TPSA) is 55.1 Å². The zero-order valence-corrected chi connectivity index (χ0v) is 11.5. The van der Waals surface area contributed by atoms with Gasteiger partial charge in [-0.1, -0.05) is 24.3 Å². The molecule has 3 N–H and O–H groups in total. The molecule has 3 nitrogen and oxygen atoms in total. The predicted molar refractivity (Wildman–Crippen MR) is 80.2 cm³/mol. The van der Waals surface area contributed by atoms with E-state index in [0.29, 0.717) is 17.8 Å². The van der Waals surface area contributed by atoms with E-state index in [9.17, 15) is 4.79 Å². The van der Waals surface area contributed by atoms with Crippen LogP contribution in [0.3, 0.4) is 0 Å². The van der Waals surface area contributed by atoms with Crippen LogP contribution in [0.4, 0.5) is 5.69 Å². The summed E-state index contributed by atoms with van der Waals surface area (Å²) in [7, 11) is 0. The second-order valence-electron chi connectivity index (χ2n) is 4.12. The van der Waals surface area contributed by atoms with Crippen molar-refractivity contribution >= 4 is 23.4 Å². The number of nitrogens with two attached hydrogens (primary N) is 1. The fourth-order valence-electron chi connectivity index (χ4n) is 1.81. The number of thioether (sulfide) groups is 1. The van der Waals surface area contributed by atoms with Gasteiger partial charge in [-0.05, 0) is 36.1 Å². The fraction of sp³-hybridized carbons (Fsp3) is 0.133. The van der Waals surface area contributed by atoms with Gasteiger partial charge in [0.15, 0.2) is 0 Å². The van der Waals surface area contributed by atoms with Crippen LogP contribution in [0, 0.1) is 0 Å². The molecule has 0 radical (unpaired) electrons. The summed E-state index contributed by atoms with van der Waals surface area (Å²) in [4.78, 5) is 13.2.